The summed E-state index contributed by atoms with van der Waals surface area (Å²) < 4.78 is 0. The van der Waals surface area contributed by atoms with Crippen LogP contribution in [0.2, 0.25) is 0 Å². The van der Waals surface area contributed by atoms with E-state index >= 15 is 0 Å². The van der Waals surface area contributed by atoms with Crippen LogP contribution in [0.3, 0.4) is 0 Å². The van der Waals surface area contributed by atoms with Gasteiger partial charge in [0.15, 0.2) is 0 Å². The topological polar surface area (TPSA) is 289 Å². The van der Waals surface area contributed by atoms with Gasteiger partial charge in [0, 0.05) is 25.7 Å². The van der Waals surface area contributed by atoms with Crippen molar-refractivity contribution < 1.29 is 48.6 Å². The molecule has 0 saturated carbocycles. The van der Waals surface area contributed by atoms with Crippen LogP contribution in [0.4, 0.5) is 0 Å². The largest absolute Gasteiger partial charge is 0.480 e. The molecular weight excluding hydrogens is 835 g/mol. The van der Waals surface area contributed by atoms with Crippen LogP contribution in [0.25, 0.3) is 0 Å². The van der Waals surface area contributed by atoms with E-state index in [9.17, 15) is 48.6 Å². The maximum Gasteiger partial charge on any atom is 0.326 e. The molecule has 0 aliphatic rings. The average molecular weight is 908 g/mol. The molecule has 17 heteroatoms. The van der Waals surface area contributed by atoms with E-state index < -0.39 is 84.1 Å². The Morgan fingerprint density at radius 3 is 1.37 bits per heavy atom. The van der Waals surface area contributed by atoms with Gasteiger partial charge in [0.05, 0.1) is 12.5 Å². The monoisotopic (exact) mass is 908 g/mol. The van der Waals surface area contributed by atoms with Crippen molar-refractivity contribution >= 4 is 47.3 Å². The molecule has 0 heterocycles. The second-order valence-corrected chi connectivity index (χ2v) is 16.8. The van der Waals surface area contributed by atoms with Crippen LogP contribution in [-0.2, 0) is 51.2 Å². The lowest BCUT2D eigenvalue weighted by Crippen LogP contribution is -2.58. The average Bonchev–Trinajstić information content (AvgIpc) is 3.26. The zero-order valence-corrected chi connectivity index (χ0v) is 38.2. The predicted molar refractivity (Wildman–Crippen MR) is 246 cm³/mol. The molecule has 17 nitrogen and oxygen atoms in total. The highest BCUT2D eigenvalue weighted by atomic mass is 16.4. The summed E-state index contributed by atoms with van der Waals surface area (Å²) in [4.78, 5) is 100. The first-order valence-electron chi connectivity index (χ1n) is 23.2. The number of hydrogen-bond acceptors (Lipinski definition) is 9. The number of aliphatic hydroxyl groups is 1. The second kappa shape index (κ2) is 31.9. The van der Waals surface area contributed by atoms with Gasteiger partial charge >= 0.3 is 5.97 Å². The number of carboxylic acids is 1. The molecule has 0 unspecified atom stereocenters. The van der Waals surface area contributed by atoms with E-state index in [0.717, 1.165) is 76.2 Å². The van der Waals surface area contributed by atoms with Crippen LogP contribution in [0.5, 0.6) is 0 Å². The van der Waals surface area contributed by atoms with Gasteiger partial charge < -0.3 is 48.3 Å². The quantitative estimate of drug-likeness (QED) is 0.0455. The van der Waals surface area contributed by atoms with Crippen LogP contribution >= 0.6 is 0 Å². The van der Waals surface area contributed by atoms with Crippen LogP contribution < -0.4 is 38.1 Å². The minimum absolute atomic E-state index is 0.0347. The molecule has 0 bridgehead atoms. The molecule has 2 rings (SSSR count). The summed E-state index contributed by atoms with van der Waals surface area (Å²) in [6.07, 6.45) is 11.6. The van der Waals surface area contributed by atoms with E-state index in [-0.39, 0.29) is 31.6 Å². The lowest BCUT2D eigenvalue weighted by atomic mass is 10.0. The van der Waals surface area contributed by atoms with Crippen LogP contribution in [0.15, 0.2) is 60.7 Å². The molecular formula is C48H73N7O10. The Morgan fingerprint density at radius 2 is 0.938 bits per heavy atom. The number of hydrogen-bond donors (Lipinski definition) is 9. The number of benzene rings is 2. The van der Waals surface area contributed by atoms with Gasteiger partial charge in [0.2, 0.25) is 41.4 Å². The normalized spacial score (nSPS) is 13.8. The van der Waals surface area contributed by atoms with Crippen molar-refractivity contribution in [2.75, 3.05) is 0 Å². The fourth-order valence-corrected chi connectivity index (χ4v) is 7.27. The molecule has 0 aromatic heterocycles. The van der Waals surface area contributed by atoms with Crippen molar-refractivity contribution in [3.63, 3.8) is 0 Å². The summed E-state index contributed by atoms with van der Waals surface area (Å²) in [7, 11) is 0. The number of nitrogens with two attached hydrogens (primary N) is 2. The molecule has 2 aromatic rings. The summed E-state index contributed by atoms with van der Waals surface area (Å²) in [5, 5.41) is 32.9. The Kier molecular flexibility index (Phi) is 27.2. The SMILES string of the molecule is CCCC[C@H](NC(=O)[C@@H](NC(=O)CCCCCCCCCCCCCCC(=O)N[C@@H](CC(N)=O)C(=O)N[C@@H](Cc1ccccc1)C(=O)O)[C@@H](C)O)C(=O)N[C@@H](Cc1ccccc1)C(N)=O. The number of rotatable bonds is 35. The van der Waals surface area contributed by atoms with Gasteiger partial charge in [-0.3, -0.25) is 33.6 Å². The maximum absolute atomic E-state index is 13.3. The van der Waals surface area contributed by atoms with Crippen molar-refractivity contribution in [1.82, 2.24) is 26.6 Å². The number of aliphatic carboxylic acids is 1. The summed E-state index contributed by atoms with van der Waals surface area (Å²) in [5.41, 5.74) is 12.4. The third-order valence-electron chi connectivity index (χ3n) is 11.0. The Labute approximate surface area is 383 Å². The molecule has 65 heavy (non-hydrogen) atoms. The van der Waals surface area contributed by atoms with E-state index in [1.807, 2.05) is 37.3 Å². The highest BCUT2D eigenvalue weighted by Crippen LogP contribution is 2.14. The lowest BCUT2D eigenvalue weighted by molar-refractivity contribution is -0.142. The van der Waals surface area contributed by atoms with E-state index in [1.54, 1.807) is 30.3 Å². The fraction of sp³-hybridized carbons (Fsp3) is 0.583. The number of unbranched alkanes of at least 4 members (excludes halogenated alkanes) is 12. The summed E-state index contributed by atoms with van der Waals surface area (Å²) in [5.74, 6) is -5.61. The van der Waals surface area contributed by atoms with Crippen LogP contribution in [0.1, 0.15) is 141 Å². The first-order valence-corrected chi connectivity index (χ1v) is 23.2. The molecule has 11 N–H and O–H groups in total. The molecule has 0 spiro atoms. The molecule has 0 aliphatic heterocycles. The van der Waals surface area contributed by atoms with Crippen molar-refractivity contribution in [2.45, 2.75) is 179 Å². The van der Waals surface area contributed by atoms with Gasteiger partial charge in [0.25, 0.3) is 0 Å². The third kappa shape index (κ3) is 24.1. The van der Waals surface area contributed by atoms with Gasteiger partial charge in [-0.15, -0.1) is 0 Å². The van der Waals surface area contributed by atoms with Crippen molar-refractivity contribution in [2.24, 2.45) is 11.5 Å². The number of carbonyl (C=O) groups is 8. The minimum Gasteiger partial charge on any atom is -0.480 e. The maximum atomic E-state index is 13.3. The van der Waals surface area contributed by atoms with Crippen LogP contribution in [-0.4, -0.2) is 93.8 Å². The summed E-state index contributed by atoms with van der Waals surface area (Å²) in [6.45, 7) is 3.33. The smallest absolute Gasteiger partial charge is 0.326 e. The second-order valence-electron chi connectivity index (χ2n) is 16.8. The third-order valence-corrected chi connectivity index (χ3v) is 11.0. The first kappa shape index (κ1) is 55.3. The highest BCUT2D eigenvalue weighted by Gasteiger charge is 2.31. The molecule has 7 amide bonds. The van der Waals surface area contributed by atoms with Gasteiger partial charge in [-0.25, -0.2) is 4.79 Å². The van der Waals surface area contributed by atoms with E-state index in [0.29, 0.717) is 31.2 Å². The minimum atomic E-state index is -1.28. The van der Waals surface area contributed by atoms with Gasteiger partial charge in [-0.1, -0.05) is 145 Å². The fourth-order valence-electron chi connectivity index (χ4n) is 7.27. The van der Waals surface area contributed by atoms with Gasteiger partial charge in [-0.2, -0.15) is 0 Å². The molecule has 0 aliphatic carbocycles. The molecule has 0 radical (unpaired) electrons. The zero-order valence-electron chi connectivity index (χ0n) is 38.2. The lowest BCUT2D eigenvalue weighted by Gasteiger charge is -2.26. The standard InChI is InChI=1S/C48H73N7O10/c1-3-4-27-36(45(61)53-37(44(50)60)30-34-23-17-15-18-24-34)52-47(63)43(33(2)56)55-42(59)29-22-14-12-10-8-6-5-7-9-11-13-21-28-41(58)51-38(32-40(49)57)46(62)54-39(48(64)65)31-35-25-19-16-20-26-35/h15-20,23-26,33,36-39,43,56H,3-14,21-22,27-32H2,1-2H3,(H2,49,57)(H2,50,60)(H,51,58)(H,52,63)(H,53,61)(H,54,62)(H,55,59)(H,64,65)/t33-,36+,37+,38+,39+,43+/m1/s1. The first-order chi connectivity index (χ1) is 31.1. The predicted octanol–water partition coefficient (Wildman–Crippen LogP) is 3.37. The highest BCUT2D eigenvalue weighted by molar-refractivity contribution is 5.95. The van der Waals surface area contributed by atoms with E-state index in [4.69, 9.17) is 11.5 Å². The van der Waals surface area contributed by atoms with Crippen molar-refractivity contribution in [3.8, 4) is 0 Å². The number of carboxylic acid groups (broad SMARTS) is 1. The van der Waals surface area contributed by atoms with Crippen LogP contribution in [0, 0.1) is 0 Å². The summed E-state index contributed by atoms with van der Waals surface area (Å²) in [6, 6.07) is 12.1. The molecule has 0 fully saturated rings. The number of primary amides is 2. The Hall–Kier alpha value is -5.84. The molecule has 6 atom stereocenters. The molecule has 2 aromatic carbocycles. The van der Waals surface area contributed by atoms with Gasteiger partial charge in [-0.05, 0) is 37.3 Å². The Balaban J connectivity index is 1.61. The number of amides is 7. The van der Waals surface area contributed by atoms with Crippen molar-refractivity contribution in [1.29, 1.82) is 0 Å². The summed E-state index contributed by atoms with van der Waals surface area (Å²) >= 11 is 0. The Morgan fingerprint density at radius 1 is 0.523 bits per heavy atom. The van der Waals surface area contributed by atoms with Crippen molar-refractivity contribution in [3.05, 3.63) is 71.8 Å². The molecule has 0 saturated heterocycles. The molecule has 360 valence electrons. The number of nitrogens with one attached hydrogen (secondary N) is 5. The van der Waals surface area contributed by atoms with Gasteiger partial charge in [0.1, 0.15) is 30.2 Å². The Bertz CT molecular complexity index is 1780. The zero-order chi connectivity index (χ0) is 48.0. The van der Waals surface area contributed by atoms with E-state index in [2.05, 4.69) is 26.6 Å². The number of carbonyl (C=O) groups excluding carboxylic acids is 7. The number of aliphatic hydroxyl groups excluding tert-OH is 1. The van der Waals surface area contributed by atoms with E-state index in [1.165, 1.54) is 6.92 Å².